The first-order valence-electron chi connectivity index (χ1n) is 9.38. The molecule has 6 heteroatoms. The number of nitrogens with zero attached hydrogens (tertiary/aromatic N) is 3. The van der Waals surface area contributed by atoms with E-state index in [0.29, 0.717) is 0 Å². The van der Waals surface area contributed by atoms with Gasteiger partial charge in [0.1, 0.15) is 11.6 Å². The molecule has 0 bridgehead atoms. The van der Waals surface area contributed by atoms with Crippen LogP contribution in [0.4, 0.5) is 0 Å². The lowest BCUT2D eigenvalue weighted by molar-refractivity contribution is 0.310. The van der Waals surface area contributed by atoms with Crippen molar-refractivity contribution in [1.29, 1.82) is 0 Å². The summed E-state index contributed by atoms with van der Waals surface area (Å²) >= 11 is 3.53. The van der Waals surface area contributed by atoms with Gasteiger partial charge in [-0.05, 0) is 37.1 Å². The third kappa shape index (κ3) is 6.46. The zero-order valence-electron chi connectivity index (χ0n) is 15.9. The van der Waals surface area contributed by atoms with Crippen molar-refractivity contribution in [1.82, 2.24) is 14.8 Å². The molecule has 0 N–H and O–H groups in total. The monoisotopic (exact) mass is 411 g/mol. The molecule has 2 aromatic carbocycles. The van der Waals surface area contributed by atoms with Crippen molar-refractivity contribution in [2.45, 2.75) is 35.2 Å². The van der Waals surface area contributed by atoms with Gasteiger partial charge in [0.2, 0.25) is 0 Å². The van der Waals surface area contributed by atoms with Gasteiger partial charge in [0.05, 0.1) is 12.4 Å². The Morgan fingerprint density at radius 3 is 2.43 bits per heavy atom. The Labute approximate surface area is 175 Å². The molecule has 3 rings (SSSR count). The molecule has 4 nitrogen and oxygen atoms in total. The zero-order valence-corrected chi connectivity index (χ0v) is 17.5. The van der Waals surface area contributed by atoms with Crippen LogP contribution in [-0.4, -0.2) is 27.1 Å². The second-order valence-corrected chi connectivity index (χ2v) is 8.23. The lowest BCUT2D eigenvalue weighted by atomic mass is 10.3. The van der Waals surface area contributed by atoms with E-state index in [1.807, 2.05) is 42.5 Å². The van der Waals surface area contributed by atoms with Crippen LogP contribution in [-0.2, 0) is 12.3 Å². The van der Waals surface area contributed by atoms with E-state index in [4.69, 9.17) is 4.74 Å². The largest absolute Gasteiger partial charge is 0.494 e. The molecule has 0 unspecified atom stereocenters. The molecular formula is C22H25N3OS2. The molecule has 3 aromatic rings. The summed E-state index contributed by atoms with van der Waals surface area (Å²) in [6.07, 6.45) is 4.00. The Morgan fingerprint density at radius 1 is 0.929 bits per heavy atom. The summed E-state index contributed by atoms with van der Waals surface area (Å²) in [4.78, 5) is 1.24. The average Bonchev–Trinajstić information content (AvgIpc) is 3.12. The number of ether oxygens (including phenoxy) is 1. The lowest BCUT2D eigenvalue weighted by Gasteiger charge is -2.08. The number of hydrogen-bond acceptors (Lipinski definition) is 5. The van der Waals surface area contributed by atoms with E-state index < -0.39 is 0 Å². The van der Waals surface area contributed by atoms with Crippen LogP contribution in [0.5, 0.6) is 5.75 Å². The summed E-state index contributed by atoms with van der Waals surface area (Å²) in [6, 6.07) is 20.3. The fraction of sp³-hybridized carbons (Fsp3) is 0.273. The molecule has 0 fully saturated rings. The third-order valence-electron chi connectivity index (χ3n) is 4.00. The highest BCUT2D eigenvalue weighted by Crippen LogP contribution is 2.25. The van der Waals surface area contributed by atoms with Gasteiger partial charge in [-0.15, -0.1) is 28.5 Å². The summed E-state index contributed by atoms with van der Waals surface area (Å²) in [7, 11) is 0. The van der Waals surface area contributed by atoms with E-state index in [9.17, 15) is 0 Å². The molecule has 0 saturated carbocycles. The average molecular weight is 412 g/mol. The van der Waals surface area contributed by atoms with E-state index in [0.717, 1.165) is 54.2 Å². The second kappa shape index (κ2) is 11.6. The highest BCUT2D eigenvalue weighted by Gasteiger charge is 2.12. The molecule has 0 aliphatic carbocycles. The van der Waals surface area contributed by atoms with Crippen LogP contribution in [0.15, 0.2) is 83.4 Å². The summed E-state index contributed by atoms with van der Waals surface area (Å²) < 4.78 is 7.90. The Balaban J connectivity index is 1.44. The van der Waals surface area contributed by atoms with E-state index in [1.165, 1.54) is 4.90 Å². The van der Waals surface area contributed by atoms with E-state index >= 15 is 0 Å². The number of rotatable bonds is 12. The van der Waals surface area contributed by atoms with Crippen LogP contribution >= 0.6 is 23.5 Å². The molecule has 1 aromatic heterocycles. The smallest absolute Gasteiger partial charge is 0.191 e. The number of aromatic nitrogens is 3. The Kier molecular flexibility index (Phi) is 8.53. The topological polar surface area (TPSA) is 39.9 Å². The van der Waals surface area contributed by atoms with Crippen molar-refractivity contribution in [3.63, 3.8) is 0 Å². The first-order chi connectivity index (χ1) is 13.9. The maximum atomic E-state index is 5.74. The third-order valence-corrected chi connectivity index (χ3v) is 6.06. The number of thioether (sulfide) groups is 2. The molecule has 0 aliphatic rings. The van der Waals surface area contributed by atoms with Crippen molar-refractivity contribution < 1.29 is 4.74 Å². The van der Waals surface area contributed by atoms with Crippen molar-refractivity contribution in [3.8, 4) is 5.75 Å². The minimum Gasteiger partial charge on any atom is -0.494 e. The highest BCUT2D eigenvalue weighted by molar-refractivity contribution is 7.99. The van der Waals surface area contributed by atoms with Crippen molar-refractivity contribution >= 4 is 23.5 Å². The number of unbranched alkanes of at least 4 members (excludes halogenated alkanes) is 1. The van der Waals surface area contributed by atoms with Crippen LogP contribution < -0.4 is 4.74 Å². The van der Waals surface area contributed by atoms with E-state index in [2.05, 4.69) is 45.6 Å². The molecule has 1 heterocycles. The highest BCUT2D eigenvalue weighted by atomic mass is 32.2. The van der Waals surface area contributed by atoms with Gasteiger partial charge in [0.25, 0.3) is 0 Å². The van der Waals surface area contributed by atoms with Gasteiger partial charge in [-0.3, -0.25) is 0 Å². The Hall–Kier alpha value is -2.18. The molecular weight excluding hydrogens is 386 g/mol. The minimum atomic E-state index is 0.733. The Bertz CT molecular complexity index is 838. The first-order valence-corrected chi connectivity index (χ1v) is 11.4. The van der Waals surface area contributed by atoms with Crippen LogP contribution in [0.25, 0.3) is 0 Å². The van der Waals surface area contributed by atoms with E-state index in [-0.39, 0.29) is 0 Å². The summed E-state index contributed by atoms with van der Waals surface area (Å²) in [6.45, 7) is 5.35. The van der Waals surface area contributed by atoms with Crippen molar-refractivity contribution in [3.05, 3.63) is 79.1 Å². The van der Waals surface area contributed by atoms with Crippen molar-refractivity contribution in [2.24, 2.45) is 0 Å². The molecule has 0 amide bonds. The first kappa shape index (κ1) is 20.6. The van der Waals surface area contributed by atoms with Gasteiger partial charge in [0, 0.05) is 17.2 Å². The second-order valence-electron chi connectivity index (χ2n) is 6.12. The van der Waals surface area contributed by atoms with Gasteiger partial charge in [0.15, 0.2) is 5.16 Å². The zero-order chi connectivity index (χ0) is 19.4. The fourth-order valence-corrected chi connectivity index (χ4v) is 4.41. The number of benzene rings is 2. The summed E-state index contributed by atoms with van der Waals surface area (Å²) in [5, 5.41) is 9.76. The van der Waals surface area contributed by atoms with Gasteiger partial charge < -0.3 is 9.30 Å². The SMILES string of the molecule is C=CCn1c(CSc2ccccc2)nnc1SCCCCOc1ccccc1. The number of para-hydroxylation sites is 1. The fourth-order valence-electron chi connectivity index (χ4n) is 2.58. The molecule has 0 saturated heterocycles. The van der Waals surface area contributed by atoms with Gasteiger partial charge in [-0.2, -0.15) is 0 Å². The van der Waals surface area contributed by atoms with Crippen molar-refractivity contribution in [2.75, 3.05) is 12.4 Å². The maximum absolute atomic E-state index is 5.74. The predicted molar refractivity (Wildman–Crippen MR) is 118 cm³/mol. The van der Waals surface area contributed by atoms with Crippen LogP contribution in [0.2, 0.25) is 0 Å². The molecule has 28 heavy (non-hydrogen) atoms. The molecule has 0 spiro atoms. The predicted octanol–water partition coefficient (Wildman–Crippen LogP) is 5.71. The van der Waals surface area contributed by atoms with E-state index in [1.54, 1.807) is 23.5 Å². The standard InChI is InChI=1S/C22H25N3OS2/c1-2-15-25-21(18-28-20-13-7-4-8-14-20)23-24-22(25)27-17-10-9-16-26-19-11-5-3-6-12-19/h2-8,11-14H,1,9-10,15-18H2. The molecule has 0 atom stereocenters. The molecule has 0 aliphatic heterocycles. The minimum absolute atomic E-state index is 0.733. The quantitative estimate of drug-likeness (QED) is 0.217. The summed E-state index contributed by atoms with van der Waals surface area (Å²) in [5.41, 5.74) is 0. The normalized spacial score (nSPS) is 10.7. The van der Waals surface area contributed by atoms with Crippen LogP contribution in [0, 0.1) is 0 Å². The molecule has 0 radical (unpaired) electrons. The maximum Gasteiger partial charge on any atom is 0.191 e. The lowest BCUT2D eigenvalue weighted by Crippen LogP contribution is -2.03. The Morgan fingerprint density at radius 2 is 1.68 bits per heavy atom. The summed E-state index contributed by atoms with van der Waals surface area (Å²) in [5.74, 6) is 3.72. The van der Waals surface area contributed by atoms with Gasteiger partial charge >= 0.3 is 0 Å². The van der Waals surface area contributed by atoms with Gasteiger partial charge in [-0.1, -0.05) is 54.2 Å². The van der Waals surface area contributed by atoms with Gasteiger partial charge in [-0.25, -0.2) is 0 Å². The number of allylic oxidation sites excluding steroid dienone is 1. The van der Waals surface area contributed by atoms with Crippen LogP contribution in [0.1, 0.15) is 18.7 Å². The molecule has 146 valence electrons. The number of hydrogen-bond donors (Lipinski definition) is 0. The van der Waals surface area contributed by atoms with Crippen LogP contribution in [0.3, 0.4) is 0 Å².